The summed E-state index contributed by atoms with van der Waals surface area (Å²) in [7, 11) is -1.09. The predicted molar refractivity (Wildman–Crippen MR) is 148 cm³/mol. The number of rotatable bonds is 10. The number of anilines is 2. The fraction of sp³-hybridized carbons (Fsp3) is 0.241. The van der Waals surface area contributed by atoms with Crippen molar-refractivity contribution in [3.05, 3.63) is 89.9 Å². The first-order chi connectivity index (χ1) is 18.4. The Balaban J connectivity index is 1.43. The summed E-state index contributed by atoms with van der Waals surface area (Å²) in [6.45, 7) is 2.28. The highest BCUT2D eigenvalue weighted by molar-refractivity contribution is 7.86. The minimum atomic E-state index is -1.09. The molecule has 9 heteroatoms. The van der Waals surface area contributed by atoms with Crippen molar-refractivity contribution in [1.82, 2.24) is 10.3 Å². The highest BCUT2D eigenvalue weighted by atomic mass is 32.2. The van der Waals surface area contributed by atoms with Crippen LogP contribution in [0.1, 0.15) is 36.9 Å². The summed E-state index contributed by atoms with van der Waals surface area (Å²) in [4.78, 5) is 18.5. The number of nitrogens with one attached hydrogen (secondary N) is 2. The SMILES string of the molecule is CCOc1cc(C(Nc2ccc3c(N)nccc3c2)C(=O)NCc2ccccc2S(=O)C2CC2)ccc1F. The van der Waals surface area contributed by atoms with E-state index in [1.54, 1.807) is 19.2 Å². The van der Waals surface area contributed by atoms with Crippen LogP contribution in [-0.4, -0.2) is 27.0 Å². The number of ether oxygens (including phenoxy) is 1. The number of nitrogen functional groups attached to an aromatic ring is 1. The molecule has 0 bridgehead atoms. The Labute approximate surface area is 223 Å². The molecule has 0 radical (unpaired) electrons. The van der Waals surface area contributed by atoms with Crippen LogP contribution in [0.15, 0.2) is 77.8 Å². The van der Waals surface area contributed by atoms with E-state index in [1.165, 1.54) is 12.1 Å². The van der Waals surface area contributed by atoms with Crippen LogP contribution in [0, 0.1) is 5.82 Å². The smallest absolute Gasteiger partial charge is 0.247 e. The number of carbonyl (C=O) groups is 1. The van der Waals surface area contributed by atoms with E-state index in [2.05, 4.69) is 15.6 Å². The number of nitrogens with two attached hydrogens (primary N) is 1. The Bertz CT molecular complexity index is 1510. The molecule has 3 aromatic carbocycles. The van der Waals surface area contributed by atoms with Gasteiger partial charge in [0.25, 0.3) is 0 Å². The second-order valence-corrected chi connectivity index (χ2v) is 10.9. The largest absolute Gasteiger partial charge is 0.491 e. The Kier molecular flexibility index (Phi) is 7.55. The third kappa shape index (κ3) is 5.62. The maximum Gasteiger partial charge on any atom is 0.247 e. The molecule has 1 aliphatic rings. The molecule has 1 amide bonds. The molecule has 1 aliphatic carbocycles. The van der Waals surface area contributed by atoms with E-state index in [4.69, 9.17) is 10.5 Å². The second-order valence-electron chi connectivity index (χ2n) is 9.15. The molecule has 1 fully saturated rings. The third-order valence-electron chi connectivity index (χ3n) is 6.43. The van der Waals surface area contributed by atoms with Crippen LogP contribution in [0.5, 0.6) is 5.75 Å². The van der Waals surface area contributed by atoms with Crippen molar-refractivity contribution in [3.63, 3.8) is 0 Å². The monoisotopic (exact) mass is 532 g/mol. The van der Waals surface area contributed by atoms with E-state index < -0.39 is 22.7 Å². The van der Waals surface area contributed by atoms with Crippen molar-refractivity contribution < 1.29 is 18.1 Å². The topological polar surface area (TPSA) is 106 Å². The van der Waals surface area contributed by atoms with Crippen molar-refractivity contribution in [2.75, 3.05) is 17.7 Å². The first-order valence-electron chi connectivity index (χ1n) is 12.5. The Hall–Kier alpha value is -3.98. The molecule has 4 aromatic rings. The van der Waals surface area contributed by atoms with Crippen molar-refractivity contribution in [2.24, 2.45) is 0 Å². The maximum atomic E-state index is 14.3. The maximum absolute atomic E-state index is 14.3. The van der Waals surface area contributed by atoms with Gasteiger partial charge in [-0.1, -0.05) is 24.3 Å². The lowest BCUT2D eigenvalue weighted by atomic mass is 10.0. The molecular weight excluding hydrogens is 503 g/mol. The molecule has 7 nitrogen and oxygen atoms in total. The van der Waals surface area contributed by atoms with Crippen LogP contribution in [-0.2, 0) is 22.1 Å². The lowest BCUT2D eigenvalue weighted by Gasteiger charge is -2.22. The van der Waals surface area contributed by atoms with Gasteiger partial charge in [-0.05, 0) is 78.7 Å². The standard InChI is InChI=1S/C29H29FN4O3S/c1-2-37-25-16-19(7-12-24(25)30)27(34-21-8-11-23-18(15-21)13-14-32-28(23)31)29(35)33-17-20-5-3-4-6-26(20)38(36)22-9-10-22/h3-8,11-16,22,27,34H,2,9-10,17H2,1H3,(H2,31,32)(H,33,35). The average Bonchev–Trinajstić information content (AvgIpc) is 3.77. The molecule has 0 saturated heterocycles. The number of hydrogen-bond donors (Lipinski definition) is 3. The number of carbonyl (C=O) groups excluding carboxylic acids is 1. The highest BCUT2D eigenvalue weighted by Gasteiger charge is 2.30. The van der Waals surface area contributed by atoms with Crippen LogP contribution in [0.2, 0.25) is 0 Å². The zero-order valence-electron chi connectivity index (χ0n) is 20.9. The molecule has 0 spiro atoms. The van der Waals surface area contributed by atoms with E-state index in [1.807, 2.05) is 48.5 Å². The summed E-state index contributed by atoms with van der Waals surface area (Å²) in [5.41, 5.74) is 8.02. The van der Waals surface area contributed by atoms with Gasteiger partial charge in [0.15, 0.2) is 11.6 Å². The number of pyridine rings is 1. The van der Waals surface area contributed by atoms with E-state index in [9.17, 15) is 13.4 Å². The Morgan fingerprint density at radius 2 is 1.97 bits per heavy atom. The minimum Gasteiger partial charge on any atom is -0.491 e. The van der Waals surface area contributed by atoms with E-state index in [0.717, 1.165) is 34.1 Å². The summed E-state index contributed by atoms with van der Waals surface area (Å²) in [6, 6.07) is 18.4. The van der Waals surface area contributed by atoms with Crippen molar-refractivity contribution in [1.29, 1.82) is 0 Å². The molecule has 1 saturated carbocycles. The fourth-order valence-corrected chi connectivity index (χ4v) is 5.85. The van der Waals surface area contributed by atoms with Gasteiger partial charge < -0.3 is 21.1 Å². The molecule has 196 valence electrons. The van der Waals surface area contributed by atoms with E-state index in [-0.39, 0.29) is 23.5 Å². The van der Waals surface area contributed by atoms with Gasteiger partial charge in [-0.25, -0.2) is 9.37 Å². The van der Waals surface area contributed by atoms with Gasteiger partial charge in [0, 0.05) is 34.0 Å². The van der Waals surface area contributed by atoms with Gasteiger partial charge in [-0.2, -0.15) is 0 Å². The van der Waals surface area contributed by atoms with Crippen molar-refractivity contribution >= 4 is 39.0 Å². The van der Waals surface area contributed by atoms with Gasteiger partial charge in [0.1, 0.15) is 11.9 Å². The first kappa shape index (κ1) is 25.7. The molecule has 1 heterocycles. The Morgan fingerprint density at radius 3 is 2.76 bits per heavy atom. The highest BCUT2D eigenvalue weighted by Crippen LogP contribution is 2.32. The molecular formula is C29H29FN4O3S. The van der Waals surface area contributed by atoms with Gasteiger partial charge in [0.2, 0.25) is 5.91 Å². The molecule has 2 atom stereocenters. The lowest BCUT2D eigenvalue weighted by Crippen LogP contribution is -2.33. The molecule has 38 heavy (non-hydrogen) atoms. The molecule has 5 rings (SSSR count). The van der Waals surface area contributed by atoms with Gasteiger partial charge in [0.05, 0.1) is 17.4 Å². The van der Waals surface area contributed by atoms with Gasteiger partial charge >= 0.3 is 0 Å². The predicted octanol–water partition coefficient (Wildman–Crippen LogP) is 5.09. The average molecular weight is 533 g/mol. The van der Waals surface area contributed by atoms with E-state index in [0.29, 0.717) is 23.7 Å². The van der Waals surface area contributed by atoms with Crippen LogP contribution in [0.25, 0.3) is 10.8 Å². The number of hydrogen-bond acceptors (Lipinski definition) is 6. The normalized spacial score (nSPS) is 14.6. The summed E-state index contributed by atoms with van der Waals surface area (Å²) in [5.74, 6) is -0.321. The van der Waals surface area contributed by atoms with Crippen molar-refractivity contribution in [2.45, 2.75) is 42.5 Å². The van der Waals surface area contributed by atoms with Crippen molar-refractivity contribution in [3.8, 4) is 5.75 Å². The number of fused-ring (bicyclic) bond motifs is 1. The number of aromatic nitrogens is 1. The van der Waals surface area contributed by atoms with Crippen LogP contribution >= 0.6 is 0 Å². The lowest BCUT2D eigenvalue weighted by molar-refractivity contribution is -0.122. The molecule has 1 aromatic heterocycles. The number of nitrogens with zero attached hydrogens (tertiary/aromatic N) is 1. The first-order valence-corrected chi connectivity index (χ1v) is 13.7. The van der Waals surface area contributed by atoms with E-state index >= 15 is 0 Å². The summed E-state index contributed by atoms with van der Waals surface area (Å²) >= 11 is 0. The third-order valence-corrected chi connectivity index (χ3v) is 8.34. The quantitative estimate of drug-likeness (QED) is 0.263. The molecule has 2 unspecified atom stereocenters. The molecule has 4 N–H and O–H groups in total. The minimum absolute atomic E-state index is 0.0761. The summed E-state index contributed by atoms with van der Waals surface area (Å²) in [6.07, 6.45) is 3.54. The number of benzene rings is 3. The van der Waals surface area contributed by atoms with Crippen LogP contribution in [0.3, 0.4) is 0 Å². The zero-order valence-corrected chi connectivity index (χ0v) is 21.8. The fourth-order valence-electron chi connectivity index (χ4n) is 4.32. The van der Waals surface area contributed by atoms with Gasteiger partial charge in [-0.3, -0.25) is 9.00 Å². The van der Waals surface area contributed by atoms with Gasteiger partial charge in [-0.15, -0.1) is 0 Å². The second kappa shape index (κ2) is 11.2. The number of halogens is 1. The molecule has 0 aliphatic heterocycles. The summed E-state index contributed by atoms with van der Waals surface area (Å²) < 4.78 is 32.6. The Morgan fingerprint density at radius 1 is 1.16 bits per heavy atom. The number of amides is 1. The zero-order chi connectivity index (χ0) is 26.6. The van der Waals surface area contributed by atoms with Crippen LogP contribution < -0.4 is 21.1 Å². The van der Waals surface area contributed by atoms with Crippen LogP contribution in [0.4, 0.5) is 15.9 Å². The summed E-state index contributed by atoms with van der Waals surface area (Å²) in [5, 5.41) is 8.13.